The second-order valence-electron chi connectivity index (χ2n) is 4.50. The van der Waals surface area contributed by atoms with Crippen molar-refractivity contribution in [3.63, 3.8) is 0 Å². The maximum Gasteiger partial charge on any atom is 0.295 e. The number of sulfone groups is 1. The standard InChI is InChI=1S/C13H10N2O8S/c1-23-12-7-9(3-4-11(12)16)24(21,22)13-5-2-8(14(17)18)6-10(13)15(19)20/h2-7,16H,1H3. The van der Waals surface area contributed by atoms with E-state index in [9.17, 15) is 33.8 Å². The zero-order valence-electron chi connectivity index (χ0n) is 12.1. The van der Waals surface area contributed by atoms with E-state index in [0.29, 0.717) is 6.07 Å². The predicted molar refractivity (Wildman–Crippen MR) is 79.9 cm³/mol. The van der Waals surface area contributed by atoms with Gasteiger partial charge in [-0.1, -0.05) is 0 Å². The molecule has 2 rings (SSSR count). The minimum atomic E-state index is -4.36. The number of hydrogen-bond acceptors (Lipinski definition) is 8. The number of phenolic OH excluding ortho intramolecular Hbond substituents is 1. The third-order valence-electron chi connectivity index (χ3n) is 3.10. The van der Waals surface area contributed by atoms with Crippen LogP contribution in [0.2, 0.25) is 0 Å². The van der Waals surface area contributed by atoms with Gasteiger partial charge in [0.2, 0.25) is 9.84 Å². The van der Waals surface area contributed by atoms with Crippen LogP contribution >= 0.6 is 0 Å². The van der Waals surface area contributed by atoms with E-state index >= 15 is 0 Å². The second-order valence-corrected chi connectivity index (χ2v) is 6.42. The number of non-ortho nitro benzene ring substituents is 1. The number of hydrogen-bond donors (Lipinski definition) is 1. The molecule has 0 spiro atoms. The summed E-state index contributed by atoms with van der Waals surface area (Å²) in [7, 11) is -3.15. The number of nitrogens with zero attached hydrogens (tertiary/aromatic N) is 2. The molecule has 0 amide bonds. The highest BCUT2D eigenvalue weighted by Gasteiger charge is 2.30. The first-order valence-electron chi connectivity index (χ1n) is 6.23. The summed E-state index contributed by atoms with van der Waals surface area (Å²) in [6, 6.07) is 5.32. The number of aromatic hydroxyl groups is 1. The van der Waals surface area contributed by atoms with E-state index in [2.05, 4.69) is 0 Å². The summed E-state index contributed by atoms with van der Waals surface area (Å²) in [6.07, 6.45) is 0. The lowest BCUT2D eigenvalue weighted by molar-refractivity contribution is -0.396. The van der Waals surface area contributed by atoms with Gasteiger partial charge < -0.3 is 9.84 Å². The lowest BCUT2D eigenvalue weighted by Crippen LogP contribution is -2.06. The Morgan fingerprint density at radius 2 is 1.71 bits per heavy atom. The van der Waals surface area contributed by atoms with Crippen LogP contribution in [0.15, 0.2) is 46.2 Å². The van der Waals surface area contributed by atoms with Gasteiger partial charge in [0.1, 0.15) is 4.90 Å². The molecule has 0 aromatic heterocycles. The molecule has 2 aromatic carbocycles. The Balaban J connectivity index is 2.69. The summed E-state index contributed by atoms with van der Waals surface area (Å²) in [5, 5.41) is 31.3. The highest BCUT2D eigenvalue weighted by Crippen LogP contribution is 2.35. The number of methoxy groups -OCH3 is 1. The van der Waals surface area contributed by atoms with Crippen molar-refractivity contribution in [3.05, 3.63) is 56.6 Å². The van der Waals surface area contributed by atoms with E-state index in [0.717, 1.165) is 30.3 Å². The molecule has 0 atom stereocenters. The van der Waals surface area contributed by atoms with Gasteiger partial charge in [-0.3, -0.25) is 20.2 Å². The van der Waals surface area contributed by atoms with Crippen LogP contribution in [-0.4, -0.2) is 30.5 Å². The third-order valence-corrected chi connectivity index (χ3v) is 4.90. The Hall–Kier alpha value is -3.21. The molecule has 0 radical (unpaired) electrons. The van der Waals surface area contributed by atoms with Crippen molar-refractivity contribution in [2.75, 3.05) is 7.11 Å². The van der Waals surface area contributed by atoms with Crippen LogP contribution in [0.1, 0.15) is 0 Å². The van der Waals surface area contributed by atoms with E-state index in [-0.39, 0.29) is 16.4 Å². The van der Waals surface area contributed by atoms with Gasteiger partial charge in [-0.2, -0.15) is 0 Å². The number of phenols is 1. The lowest BCUT2D eigenvalue weighted by atomic mass is 10.3. The average Bonchev–Trinajstić information content (AvgIpc) is 2.54. The molecule has 0 aliphatic heterocycles. The summed E-state index contributed by atoms with van der Waals surface area (Å²) in [5.41, 5.74) is -1.53. The van der Waals surface area contributed by atoms with Crippen LogP contribution in [0.5, 0.6) is 11.5 Å². The molecule has 0 heterocycles. The van der Waals surface area contributed by atoms with Crippen molar-refractivity contribution in [2.24, 2.45) is 0 Å². The number of nitro groups is 2. The first-order valence-corrected chi connectivity index (χ1v) is 7.71. The monoisotopic (exact) mass is 354 g/mol. The first-order chi connectivity index (χ1) is 11.2. The van der Waals surface area contributed by atoms with Gasteiger partial charge in [0, 0.05) is 12.1 Å². The number of rotatable bonds is 5. The predicted octanol–water partition coefficient (Wildman–Crippen LogP) is 2.05. The van der Waals surface area contributed by atoms with E-state index in [1.54, 1.807) is 0 Å². The van der Waals surface area contributed by atoms with Crippen molar-refractivity contribution in [3.8, 4) is 11.5 Å². The zero-order valence-corrected chi connectivity index (χ0v) is 12.9. The fourth-order valence-corrected chi connectivity index (χ4v) is 3.36. The Morgan fingerprint density at radius 1 is 1.04 bits per heavy atom. The average molecular weight is 354 g/mol. The van der Waals surface area contributed by atoms with Crippen molar-refractivity contribution in [1.82, 2.24) is 0 Å². The van der Waals surface area contributed by atoms with Gasteiger partial charge in [-0.15, -0.1) is 0 Å². The lowest BCUT2D eigenvalue weighted by Gasteiger charge is -2.08. The molecule has 0 saturated carbocycles. The molecule has 1 N–H and O–H groups in total. The van der Waals surface area contributed by atoms with Crippen molar-refractivity contribution in [1.29, 1.82) is 0 Å². The normalized spacial score (nSPS) is 11.0. The van der Waals surface area contributed by atoms with Gasteiger partial charge >= 0.3 is 0 Å². The van der Waals surface area contributed by atoms with Gasteiger partial charge in [0.25, 0.3) is 11.4 Å². The summed E-state index contributed by atoms with van der Waals surface area (Å²) in [6.45, 7) is 0. The molecular weight excluding hydrogens is 344 g/mol. The van der Waals surface area contributed by atoms with Crippen molar-refractivity contribution in [2.45, 2.75) is 9.79 Å². The molecule has 24 heavy (non-hydrogen) atoms. The van der Waals surface area contributed by atoms with Crippen molar-refractivity contribution >= 4 is 21.2 Å². The molecular formula is C13H10N2O8S. The third kappa shape index (κ3) is 2.96. The van der Waals surface area contributed by atoms with Gasteiger partial charge in [0.15, 0.2) is 11.5 Å². The molecule has 0 aliphatic carbocycles. The molecule has 11 heteroatoms. The zero-order chi connectivity index (χ0) is 18.1. The van der Waals surface area contributed by atoms with E-state index in [4.69, 9.17) is 4.74 Å². The number of ether oxygens (including phenoxy) is 1. The Bertz CT molecular complexity index is 939. The molecule has 0 fully saturated rings. The molecule has 0 aliphatic rings. The van der Waals surface area contributed by atoms with Crippen LogP contribution in [0, 0.1) is 20.2 Å². The summed E-state index contributed by atoms with van der Waals surface area (Å²) >= 11 is 0. The SMILES string of the molecule is COc1cc(S(=O)(=O)c2ccc([N+](=O)[O-])cc2[N+](=O)[O-])ccc1O. The van der Waals surface area contributed by atoms with E-state index < -0.39 is 36.0 Å². The minimum absolute atomic E-state index is 0.138. The van der Waals surface area contributed by atoms with Crippen LogP contribution in [-0.2, 0) is 9.84 Å². The van der Waals surface area contributed by atoms with Crippen LogP contribution in [0.25, 0.3) is 0 Å². The van der Waals surface area contributed by atoms with Crippen LogP contribution in [0.3, 0.4) is 0 Å². The molecule has 2 aromatic rings. The van der Waals surface area contributed by atoms with E-state index in [1.165, 1.54) is 7.11 Å². The molecule has 126 valence electrons. The maximum absolute atomic E-state index is 12.6. The Labute approximate surface area is 135 Å². The van der Waals surface area contributed by atoms with Crippen LogP contribution < -0.4 is 4.74 Å². The van der Waals surface area contributed by atoms with E-state index in [1.807, 2.05) is 0 Å². The second kappa shape index (κ2) is 6.12. The summed E-state index contributed by atoms with van der Waals surface area (Å²) < 4.78 is 30.0. The fraction of sp³-hybridized carbons (Fsp3) is 0.0769. The largest absolute Gasteiger partial charge is 0.504 e. The fourth-order valence-electron chi connectivity index (χ4n) is 1.94. The highest BCUT2D eigenvalue weighted by molar-refractivity contribution is 7.91. The Morgan fingerprint density at radius 3 is 2.25 bits per heavy atom. The molecule has 10 nitrogen and oxygen atoms in total. The molecule has 0 bridgehead atoms. The van der Waals surface area contributed by atoms with Crippen LogP contribution in [0.4, 0.5) is 11.4 Å². The summed E-state index contributed by atoms with van der Waals surface area (Å²) in [5.74, 6) is -0.449. The van der Waals surface area contributed by atoms with Crippen molar-refractivity contribution < 1.29 is 28.1 Å². The number of nitro benzene ring substituents is 2. The molecule has 0 unspecified atom stereocenters. The quantitative estimate of drug-likeness (QED) is 0.633. The minimum Gasteiger partial charge on any atom is -0.504 e. The highest BCUT2D eigenvalue weighted by atomic mass is 32.2. The summed E-state index contributed by atoms with van der Waals surface area (Å²) in [4.78, 5) is 18.9. The van der Waals surface area contributed by atoms with Gasteiger partial charge in [0.05, 0.1) is 27.9 Å². The van der Waals surface area contributed by atoms with Gasteiger partial charge in [-0.25, -0.2) is 8.42 Å². The number of benzene rings is 2. The molecule has 0 saturated heterocycles. The first kappa shape index (κ1) is 17.1. The Kier molecular flexibility index (Phi) is 4.37. The topological polar surface area (TPSA) is 150 Å². The smallest absolute Gasteiger partial charge is 0.295 e. The maximum atomic E-state index is 12.6. The van der Waals surface area contributed by atoms with Gasteiger partial charge in [-0.05, 0) is 18.2 Å².